The van der Waals surface area contributed by atoms with E-state index < -0.39 is 74.2 Å². The van der Waals surface area contributed by atoms with Crippen molar-refractivity contribution >= 4 is 5.91 Å². The lowest BCUT2D eigenvalue weighted by Gasteiger charge is -2.40. The number of aliphatic hydroxyl groups is 7. The molecule has 11 nitrogen and oxygen atoms in total. The topological polar surface area (TPSA) is 189 Å². The number of hydrogen-bond donors (Lipinski definition) is 8. The van der Waals surface area contributed by atoms with Crippen molar-refractivity contribution in [1.82, 2.24) is 5.32 Å². The maximum atomic E-state index is 13.0. The van der Waals surface area contributed by atoms with Crippen molar-refractivity contribution in [2.45, 2.75) is 281 Å². The highest BCUT2D eigenvalue weighted by molar-refractivity contribution is 5.80. The third-order valence-electron chi connectivity index (χ3n) is 12.3. The number of rotatable bonds is 42. The quantitative estimate of drug-likeness (QED) is 0.0218. The summed E-state index contributed by atoms with van der Waals surface area (Å²) < 4.78 is 11.1. The van der Waals surface area contributed by atoms with Gasteiger partial charge in [-0.15, -0.1) is 0 Å². The zero-order chi connectivity index (χ0) is 44.1. The molecule has 1 aliphatic heterocycles. The third-order valence-corrected chi connectivity index (χ3v) is 12.3. The zero-order valence-corrected chi connectivity index (χ0v) is 38.5. The first-order valence-corrected chi connectivity index (χ1v) is 25.1. The molecule has 0 radical (unpaired) electrons. The number of amides is 1. The Kier molecular flexibility index (Phi) is 37.4. The second-order valence-corrected chi connectivity index (χ2v) is 17.9. The molecule has 0 bridgehead atoms. The van der Waals surface area contributed by atoms with Gasteiger partial charge in [-0.3, -0.25) is 4.79 Å². The predicted octanol–water partition coefficient (Wildman–Crippen LogP) is 8.84. The molecule has 9 unspecified atom stereocenters. The number of unbranched alkanes of at least 4 members (excludes halogenated alkanes) is 28. The second kappa shape index (κ2) is 39.4. The minimum atomic E-state index is -1.66. The van der Waals surface area contributed by atoms with Gasteiger partial charge in [-0.1, -0.05) is 199 Å². The van der Waals surface area contributed by atoms with Gasteiger partial charge in [0.1, 0.15) is 36.6 Å². The fraction of sp³-hybridized carbons (Fsp3) is 0.939. The summed E-state index contributed by atoms with van der Waals surface area (Å²) in [4.78, 5) is 13.0. The summed E-state index contributed by atoms with van der Waals surface area (Å²) in [5, 5.41) is 75.5. The number of allylic oxidation sites excluding steroid dienone is 2. The molecule has 60 heavy (non-hydrogen) atoms. The summed E-state index contributed by atoms with van der Waals surface area (Å²) in [5.74, 6) is -0.709. The van der Waals surface area contributed by atoms with Gasteiger partial charge in [-0.25, -0.2) is 0 Å². The normalized spacial score (nSPS) is 21.6. The van der Waals surface area contributed by atoms with Gasteiger partial charge in [0.05, 0.1) is 25.4 Å². The minimum Gasteiger partial charge on any atom is -0.394 e. The number of hydrogen-bond acceptors (Lipinski definition) is 10. The molecule has 0 aromatic carbocycles. The van der Waals surface area contributed by atoms with Crippen molar-refractivity contribution in [3.05, 3.63) is 12.2 Å². The highest BCUT2D eigenvalue weighted by atomic mass is 16.7. The first kappa shape index (κ1) is 56.9. The molecule has 1 fully saturated rings. The maximum absolute atomic E-state index is 13.0. The van der Waals surface area contributed by atoms with E-state index in [0.29, 0.717) is 12.8 Å². The van der Waals surface area contributed by atoms with Gasteiger partial charge in [0.25, 0.3) is 0 Å². The first-order chi connectivity index (χ1) is 29.2. The summed E-state index contributed by atoms with van der Waals surface area (Å²) >= 11 is 0. The molecule has 11 heteroatoms. The van der Waals surface area contributed by atoms with Crippen LogP contribution in [0.25, 0.3) is 0 Å². The fourth-order valence-corrected chi connectivity index (χ4v) is 8.15. The van der Waals surface area contributed by atoms with Crippen LogP contribution >= 0.6 is 0 Å². The molecule has 0 aromatic rings. The van der Waals surface area contributed by atoms with Gasteiger partial charge in [0.15, 0.2) is 6.29 Å². The molecule has 0 saturated carbocycles. The lowest BCUT2D eigenvalue weighted by Crippen LogP contribution is -2.60. The fourth-order valence-electron chi connectivity index (χ4n) is 8.15. The van der Waals surface area contributed by atoms with Gasteiger partial charge in [0, 0.05) is 0 Å². The van der Waals surface area contributed by atoms with E-state index in [1.54, 1.807) is 0 Å². The smallest absolute Gasteiger partial charge is 0.249 e. The monoisotopic (exact) mass is 858 g/mol. The minimum absolute atomic E-state index is 0.256. The summed E-state index contributed by atoms with van der Waals surface area (Å²) in [6, 6.07) is -1.18. The van der Waals surface area contributed by atoms with Gasteiger partial charge in [0.2, 0.25) is 5.91 Å². The molecular formula is C49H95NO10. The van der Waals surface area contributed by atoms with Crippen LogP contribution in [0.5, 0.6) is 0 Å². The molecule has 0 aromatic heterocycles. The number of aliphatic hydroxyl groups excluding tert-OH is 7. The standard InChI is InChI=1S/C49H95NO10/c1-3-5-7-9-11-13-14-15-16-17-18-19-20-21-22-23-24-25-26-27-28-29-31-32-34-36-41(52)44(54)40(39-59-49-47(57)46(56)45(55)43(38-51)60-49)50-48(58)42(53)37-35-33-30-12-10-8-6-4-2/h29,31,40-47,49,51-57H,3-28,30,32-39H2,1-2H3,(H,50,58)/b31-29+. The van der Waals surface area contributed by atoms with E-state index in [9.17, 15) is 40.5 Å². The van der Waals surface area contributed by atoms with Crippen LogP contribution in [0.1, 0.15) is 226 Å². The molecular weight excluding hydrogens is 763 g/mol. The molecule has 1 amide bonds. The first-order valence-electron chi connectivity index (χ1n) is 25.1. The van der Waals surface area contributed by atoms with Crippen LogP contribution in [0.15, 0.2) is 12.2 Å². The number of ether oxygens (including phenoxy) is 2. The average Bonchev–Trinajstić information content (AvgIpc) is 3.25. The third kappa shape index (κ3) is 28.5. The summed E-state index contributed by atoms with van der Waals surface area (Å²) in [6.07, 6.45) is 31.6. The van der Waals surface area contributed by atoms with Gasteiger partial charge >= 0.3 is 0 Å². The van der Waals surface area contributed by atoms with Crippen molar-refractivity contribution in [2.75, 3.05) is 13.2 Å². The van der Waals surface area contributed by atoms with Crippen LogP contribution in [0.3, 0.4) is 0 Å². The molecule has 1 rings (SSSR count). The molecule has 0 aliphatic carbocycles. The van der Waals surface area contributed by atoms with Crippen LogP contribution < -0.4 is 5.32 Å². The summed E-state index contributed by atoms with van der Waals surface area (Å²) in [7, 11) is 0. The Labute approximate surface area is 366 Å². The largest absolute Gasteiger partial charge is 0.394 e. The van der Waals surface area contributed by atoms with Crippen molar-refractivity contribution in [2.24, 2.45) is 0 Å². The second-order valence-electron chi connectivity index (χ2n) is 17.9. The van der Waals surface area contributed by atoms with Crippen LogP contribution in [0, 0.1) is 0 Å². The Morgan fingerprint density at radius 3 is 1.43 bits per heavy atom. The van der Waals surface area contributed by atoms with Crippen LogP contribution in [0.4, 0.5) is 0 Å². The van der Waals surface area contributed by atoms with E-state index in [1.807, 2.05) is 0 Å². The zero-order valence-electron chi connectivity index (χ0n) is 38.5. The van der Waals surface area contributed by atoms with Crippen molar-refractivity contribution in [3.8, 4) is 0 Å². The molecule has 356 valence electrons. The molecule has 8 N–H and O–H groups in total. The molecule has 1 saturated heterocycles. The van der Waals surface area contributed by atoms with E-state index in [0.717, 1.165) is 38.5 Å². The highest BCUT2D eigenvalue weighted by Crippen LogP contribution is 2.23. The van der Waals surface area contributed by atoms with Gasteiger partial charge < -0.3 is 50.5 Å². The number of carbonyl (C=O) groups is 1. The Morgan fingerprint density at radius 2 is 0.983 bits per heavy atom. The van der Waals surface area contributed by atoms with Crippen molar-refractivity contribution < 1.29 is 50.0 Å². The summed E-state index contributed by atoms with van der Waals surface area (Å²) in [5.41, 5.74) is 0. The number of carbonyl (C=O) groups excluding carboxylic acids is 1. The Balaban J connectivity index is 2.30. The average molecular weight is 858 g/mol. The predicted molar refractivity (Wildman–Crippen MR) is 243 cm³/mol. The Hall–Kier alpha value is -1.15. The molecule has 1 aliphatic rings. The van der Waals surface area contributed by atoms with Gasteiger partial charge in [-0.05, 0) is 38.5 Å². The van der Waals surface area contributed by atoms with Crippen LogP contribution in [-0.2, 0) is 14.3 Å². The highest BCUT2D eigenvalue weighted by Gasteiger charge is 2.44. The van der Waals surface area contributed by atoms with E-state index in [-0.39, 0.29) is 12.8 Å². The van der Waals surface area contributed by atoms with E-state index >= 15 is 0 Å². The SMILES string of the molecule is CCCCCCCCCCCCCCCCCCCCCC/C=C/CCCC(O)C(O)C(COC1OC(CO)C(O)C(O)C1O)NC(=O)C(O)CCCCCCCCCC. The van der Waals surface area contributed by atoms with Crippen molar-refractivity contribution in [1.29, 1.82) is 0 Å². The van der Waals surface area contributed by atoms with E-state index in [1.165, 1.54) is 148 Å². The number of nitrogens with one attached hydrogen (secondary N) is 1. The Bertz CT molecular complexity index is 986. The van der Waals surface area contributed by atoms with E-state index in [2.05, 4.69) is 31.3 Å². The lowest BCUT2D eigenvalue weighted by molar-refractivity contribution is -0.303. The molecule has 0 spiro atoms. The Morgan fingerprint density at radius 1 is 0.567 bits per heavy atom. The van der Waals surface area contributed by atoms with Crippen molar-refractivity contribution in [3.63, 3.8) is 0 Å². The maximum Gasteiger partial charge on any atom is 0.249 e. The molecule has 9 atom stereocenters. The summed E-state index contributed by atoms with van der Waals surface area (Å²) in [6.45, 7) is 3.39. The lowest BCUT2D eigenvalue weighted by atomic mass is 9.98. The van der Waals surface area contributed by atoms with E-state index in [4.69, 9.17) is 9.47 Å². The van der Waals surface area contributed by atoms with Gasteiger partial charge in [-0.2, -0.15) is 0 Å². The van der Waals surface area contributed by atoms with Crippen LogP contribution in [0.2, 0.25) is 0 Å². The molecule has 1 heterocycles. The van der Waals surface area contributed by atoms with Crippen LogP contribution in [-0.4, -0.2) is 110 Å².